The van der Waals surface area contributed by atoms with Crippen molar-refractivity contribution in [3.63, 3.8) is 0 Å². The average molecular weight is 626 g/mol. The molecule has 6 rings (SSSR count). The summed E-state index contributed by atoms with van der Waals surface area (Å²) in [6.07, 6.45) is -7.38. The van der Waals surface area contributed by atoms with E-state index >= 15 is 0 Å². The number of amidine groups is 1. The van der Waals surface area contributed by atoms with Crippen LogP contribution in [0.2, 0.25) is 0 Å². The molecule has 2 fully saturated rings. The maximum Gasteiger partial charge on any atom is 0.416 e. The lowest BCUT2D eigenvalue weighted by atomic mass is 10.0. The van der Waals surface area contributed by atoms with Crippen molar-refractivity contribution in [2.24, 2.45) is 4.99 Å². The first-order valence-corrected chi connectivity index (χ1v) is 14.2. The minimum absolute atomic E-state index is 0.0796. The van der Waals surface area contributed by atoms with Crippen molar-refractivity contribution in [2.45, 2.75) is 31.0 Å². The van der Waals surface area contributed by atoms with Crippen molar-refractivity contribution in [3.8, 4) is 0 Å². The molecule has 0 radical (unpaired) electrons. The van der Waals surface area contributed by atoms with Gasteiger partial charge in [0.1, 0.15) is 0 Å². The molecular weight excluding hydrogens is 600 g/mol. The largest absolute Gasteiger partial charge is 0.416 e. The highest BCUT2D eigenvalue weighted by Gasteiger charge is 2.40. The summed E-state index contributed by atoms with van der Waals surface area (Å²) in [5.41, 5.74) is -2.00. The van der Waals surface area contributed by atoms with Crippen LogP contribution in [0.4, 0.5) is 26.3 Å². The SMILES string of the molecule is O=C1N=C(N2C[C@H](O)[C@@H](N3CCOCC3)C2)S/C1=C/c1ccc2c(cnn2Cc2ccc(C(F)(F)F)cc2C(F)(F)F)c1. The molecule has 0 saturated carbocycles. The second-order valence-electron chi connectivity index (χ2n) is 10.5. The van der Waals surface area contributed by atoms with Crippen LogP contribution in [0.1, 0.15) is 22.3 Å². The molecule has 15 heteroatoms. The number of likely N-dealkylation sites (tertiary alicyclic amines) is 1. The van der Waals surface area contributed by atoms with Crippen LogP contribution in [0.15, 0.2) is 52.5 Å². The van der Waals surface area contributed by atoms with Gasteiger partial charge in [-0.3, -0.25) is 14.4 Å². The Balaban J connectivity index is 1.18. The number of halogens is 6. The lowest BCUT2D eigenvalue weighted by Crippen LogP contribution is -2.48. The van der Waals surface area contributed by atoms with Crippen LogP contribution in [0.5, 0.6) is 0 Å². The Morgan fingerprint density at radius 2 is 1.79 bits per heavy atom. The molecule has 1 N–H and O–H groups in total. The Hall–Kier alpha value is -3.40. The van der Waals surface area contributed by atoms with Gasteiger partial charge < -0.3 is 14.7 Å². The van der Waals surface area contributed by atoms with Gasteiger partial charge >= 0.3 is 12.4 Å². The number of nitrogens with zero attached hydrogens (tertiary/aromatic N) is 5. The fraction of sp³-hybridized carbons (Fsp3) is 0.393. The highest BCUT2D eigenvalue weighted by atomic mass is 32.2. The Labute approximate surface area is 245 Å². The van der Waals surface area contributed by atoms with Gasteiger partial charge in [-0.15, -0.1) is 0 Å². The number of rotatable bonds is 4. The summed E-state index contributed by atoms with van der Waals surface area (Å²) in [5, 5.41) is 15.9. The van der Waals surface area contributed by atoms with Gasteiger partial charge in [0.25, 0.3) is 5.91 Å². The van der Waals surface area contributed by atoms with Crippen molar-refractivity contribution in [3.05, 3.63) is 69.8 Å². The molecule has 3 aliphatic heterocycles. The second kappa shape index (κ2) is 11.3. The predicted molar refractivity (Wildman–Crippen MR) is 147 cm³/mol. The molecule has 2 aromatic carbocycles. The number of fused-ring (bicyclic) bond motifs is 1. The van der Waals surface area contributed by atoms with E-state index in [9.17, 15) is 36.2 Å². The summed E-state index contributed by atoms with van der Waals surface area (Å²) in [7, 11) is 0. The van der Waals surface area contributed by atoms with Gasteiger partial charge in [-0.2, -0.15) is 36.4 Å². The summed E-state index contributed by atoms with van der Waals surface area (Å²) >= 11 is 1.21. The number of amides is 1. The Morgan fingerprint density at radius 1 is 1.02 bits per heavy atom. The van der Waals surface area contributed by atoms with Crippen LogP contribution in [0.3, 0.4) is 0 Å². The number of carbonyl (C=O) groups excluding carboxylic acids is 1. The molecule has 1 amide bonds. The molecule has 1 aromatic heterocycles. The highest BCUT2D eigenvalue weighted by molar-refractivity contribution is 8.18. The third-order valence-electron chi connectivity index (χ3n) is 7.68. The van der Waals surface area contributed by atoms with E-state index in [2.05, 4.69) is 15.0 Å². The fourth-order valence-corrected chi connectivity index (χ4v) is 6.45. The number of morpholine rings is 1. The van der Waals surface area contributed by atoms with E-state index in [4.69, 9.17) is 4.74 Å². The topological polar surface area (TPSA) is 83.2 Å². The molecule has 43 heavy (non-hydrogen) atoms. The molecule has 8 nitrogen and oxygen atoms in total. The number of aromatic nitrogens is 2. The quantitative estimate of drug-likeness (QED) is 0.339. The maximum absolute atomic E-state index is 13.6. The number of benzene rings is 2. The zero-order valence-corrected chi connectivity index (χ0v) is 23.2. The predicted octanol–water partition coefficient (Wildman–Crippen LogP) is 4.47. The number of ether oxygens (including phenoxy) is 1. The number of aliphatic hydroxyl groups excluding tert-OH is 1. The Morgan fingerprint density at radius 3 is 2.51 bits per heavy atom. The van der Waals surface area contributed by atoms with Crippen molar-refractivity contribution < 1.29 is 41.0 Å². The van der Waals surface area contributed by atoms with E-state index in [1.54, 1.807) is 24.3 Å². The number of aliphatic imine (C=N–C) groups is 1. The van der Waals surface area contributed by atoms with E-state index < -0.39 is 42.0 Å². The van der Waals surface area contributed by atoms with Crippen LogP contribution < -0.4 is 0 Å². The van der Waals surface area contributed by atoms with Gasteiger partial charge in [0.15, 0.2) is 5.17 Å². The van der Waals surface area contributed by atoms with Crippen molar-refractivity contribution >= 4 is 39.8 Å². The summed E-state index contributed by atoms with van der Waals surface area (Å²) in [4.78, 5) is 21.4. The molecule has 3 aliphatic rings. The van der Waals surface area contributed by atoms with Crippen LogP contribution in [0.25, 0.3) is 17.0 Å². The van der Waals surface area contributed by atoms with E-state index in [1.807, 2.05) is 4.90 Å². The minimum atomic E-state index is -4.98. The van der Waals surface area contributed by atoms with Crippen molar-refractivity contribution in [2.75, 3.05) is 39.4 Å². The zero-order valence-electron chi connectivity index (χ0n) is 22.4. The summed E-state index contributed by atoms with van der Waals surface area (Å²) in [6.45, 7) is 3.17. The van der Waals surface area contributed by atoms with Crippen molar-refractivity contribution in [1.82, 2.24) is 19.6 Å². The van der Waals surface area contributed by atoms with Gasteiger partial charge in [0.2, 0.25) is 0 Å². The van der Waals surface area contributed by atoms with Gasteiger partial charge in [-0.25, -0.2) is 0 Å². The third-order valence-corrected chi connectivity index (χ3v) is 8.72. The Bertz CT molecular complexity index is 1610. The second-order valence-corrected chi connectivity index (χ2v) is 11.5. The lowest BCUT2D eigenvalue weighted by Gasteiger charge is -2.33. The molecule has 0 unspecified atom stereocenters. The first kappa shape index (κ1) is 29.7. The van der Waals surface area contributed by atoms with Crippen LogP contribution in [0, 0.1) is 0 Å². The third kappa shape index (κ3) is 6.16. The molecule has 3 aromatic rings. The minimum Gasteiger partial charge on any atom is -0.390 e. The number of alkyl halides is 6. The molecule has 2 saturated heterocycles. The molecule has 4 heterocycles. The van der Waals surface area contributed by atoms with E-state index in [0.29, 0.717) is 58.9 Å². The standard InChI is InChI=1S/C28H25F6N5O3S/c29-27(30,31)19-3-2-17(20(11-19)28(32,33)34)13-39-21-4-1-16(9-18(21)12-35-39)10-24-25(41)36-26(43-24)38-14-22(23(40)15-38)37-5-7-42-8-6-37/h1-4,9-12,22-23,40H,5-8,13-15H2/b24-10+/t22-,23-/m0/s1. The van der Waals surface area contributed by atoms with Gasteiger partial charge in [-0.05, 0) is 53.2 Å². The molecule has 0 bridgehead atoms. The number of thioether (sulfide) groups is 1. The monoisotopic (exact) mass is 625 g/mol. The highest BCUT2D eigenvalue weighted by Crippen LogP contribution is 2.38. The molecule has 228 valence electrons. The molecule has 0 aliphatic carbocycles. The summed E-state index contributed by atoms with van der Waals surface area (Å²) < 4.78 is 86.7. The number of hydrogen-bond acceptors (Lipinski definition) is 7. The van der Waals surface area contributed by atoms with Crippen LogP contribution >= 0.6 is 11.8 Å². The number of β-amino-alcohol motifs (C(OH)–C–C–N with tert-alkyl or cyclic N) is 1. The van der Waals surface area contributed by atoms with E-state index in [1.165, 1.54) is 22.6 Å². The number of aliphatic hydroxyl groups is 1. The normalized spacial score (nSPS) is 23.1. The van der Waals surface area contributed by atoms with E-state index in [0.717, 1.165) is 19.2 Å². The van der Waals surface area contributed by atoms with Crippen molar-refractivity contribution in [1.29, 1.82) is 0 Å². The smallest absolute Gasteiger partial charge is 0.390 e. The fourth-order valence-electron chi connectivity index (χ4n) is 5.52. The average Bonchev–Trinajstić information content (AvgIpc) is 3.65. The van der Waals surface area contributed by atoms with E-state index in [-0.39, 0.29) is 17.7 Å². The maximum atomic E-state index is 13.6. The van der Waals surface area contributed by atoms with Gasteiger partial charge in [0, 0.05) is 31.6 Å². The first-order valence-electron chi connectivity index (χ1n) is 13.4. The number of hydrogen-bond donors (Lipinski definition) is 1. The molecular formula is C28H25F6N5O3S. The zero-order chi connectivity index (χ0) is 30.5. The first-order chi connectivity index (χ1) is 20.4. The van der Waals surface area contributed by atoms with Crippen LogP contribution in [-0.2, 0) is 28.4 Å². The lowest BCUT2D eigenvalue weighted by molar-refractivity contribution is -0.143. The summed E-state index contributed by atoms with van der Waals surface area (Å²) in [5.74, 6) is -0.415. The Kier molecular flexibility index (Phi) is 7.77. The van der Waals surface area contributed by atoms with Crippen LogP contribution in [-0.4, -0.2) is 87.3 Å². The van der Waals surface area contributed by atoms with Gasteiger partial charge in [0.05, 0.1) is 59.6 Å². The summed E-state index contributed by atoms with van der Waals surface area (Å²) in [6, 6.07) is 6.49. The molecule has 0 spiro atoms. The van der Waals surface area contributed by atoms with Gasteiger partial charge in [-0.1, -0.05) is 12.1 Å². The number of carbonyl (C=O) groups is 1. The molecule has 2 atom stereocenters.